The molecule has 0 aliphatic carbocycles. The molecule has 0 aliphatic rings. The van der Waals surface area contributed by atoms with Crippen molar-refractivity contribution < 1.29 is 19.4 Å². The van der Waals surface area contributed by atoms with Crippen molar-refractivity contribution in [2.24, 2.45) is 5.73 Å². The lowest BCUT2D eigenvalue weighted by molar-refractivity contribution is -0.137. The van der Waals surface area contributed by atoms with Crippen LogP contribution in [0.25, 0.3) is 11.4 Å². The van der Waals surface area contributed by atoms with E-state index in [0.29, 0.717) is 51.3 Å². The maximum atomic E-state index is 11.9. The van der Waals surface area contributed by atoms with Crippen LogP contribution in [0.3, 0.4) is 0 Å². The van der Waals surface area contributed by atoms with Crippen molar-refractivity contribution in [2.45, 2.75) is 12.5 Å². The molecular weight excluding hydrogens is 436 g/mol. The SMILES string of the molecule is NCCOCCOCCNc1nc(N[C@@H](Cc2ccccc2)C(=O)O)nc(-c2ccccc2)n1. The Hall–Kier alpha value is -3.60. The van der Waals surface area contributed by atoms with E-state index in [0.717, 1.165) is 11.1 Å². The second kappa shape index (κ2) is 13.8. The highest BCUT2D eigenvalue weighted by atomic mass is 16.5. The number of nitrogens with zero attached hydrogens (tertiary/aromatic N) is 3. The van der Waals surface area contributed by atoms with Crippen molar-refractivity contribution in [2.75, 3.05) is 50.2 Å². The van der Waals surface area contributed by atoms with Gasteiger partial charge in [0.15, 0.2) is 5.82 Å². The van der Waals surface area contributed by atoms with Crippen LogP contribution in [-0.4, -0.2) is 71.6 Å². The van der Waals surface area contributed by atoms with E-state index in [2.05, 4.69) is 25.6 Å². The molecule has 0 saturated carbocycles. The third kappa shape index (κ3) is 8.39. The van der Waals surface area contributed by atoms with Crippen molar-refractivity contribution in [1.82, 2.24) is 15.0 Å². The molecule has 3 aromatic rings. The molecular formula is C24H30N6O4. The molecule has 5 N–H and O–H groups in total. The normalized spacial score (nSPS) is 11.7. The molecule has 10 heteroatoms. The lowest BCUT2D eigenvalue weighted by Crippen LogP contribution is -2.32. The number of anilines is 2. The molecule has 0 aliphatic heterocycles. The maximum Gasteiger partial charge on any atom is 0.326 e. The van der Waals surface area contributed by atoms with Crippen LogP contribution in [0.2, 0.25) is 0 Å². The van der Waals surface area contributed by atoms with Crippen molar-refractivity contribution in [3.8, 4) is 11.4 Å². The van der Waals surface area contributed by atoms with Gasteiger partial charge in [-0.3, -0.25) is 0 Å². The molecule has 1 atom stereocenters. The number of carboxylic acids is 1. The Morgan fingerprint density at radius 2 is 1.53 bits per heavy atom. The molecule has 0 spiro atoms. The first-order valence-electron chi connectivity index (χ1n) is 11.1. The third-order valence-corrected chi connectivity index (χ3v) is 4.72. The number of benzene rings is 2. The van der Waals surface area contributed by atoms with Crippen LogP contribution in [0.1, 0.15) is 5.56 Å². The van der Waals surface area contributed by atoms with E-state index in [1.807, 2.05) is 60.7 Å². The van der Waals surface area contributed by atoms with Gasteiger partial charge in [0.05, 0.1) is 26.4 Å². The molecule has 0 fully saturated rings. The Kier molecular flexibility index (Phi) is 10.2. The van der Waals surface area contributed by atoms with Gasteiger partial charge in [-0.15, -0.1) is 0 Å². The summed E-state index contributed by atoms with van der Waals surface area (Å²) in [6.45, 7) is 2.81. The molecule has 0 saturated heterocycles. The van der Waals surface area contributed by atoms with Crippen LogP contribution in [0.15, 0.2) is 60.7 Å². The average molecular weight is 467 g/mol. The molecule has 0 amide bonds. The van der Waals surface area contributed by atoms with E-state index in [1.54, 1.807) is 0 Å². The van der Waals surface area contributed by atoms with E-state index < -0.39 is 12.0 Å². The van der Waals surface area contributed by atoms with Crippen LogP contribution in [0.5, 0.6) is 0 Å². The lowest BCUT2D eigenvalue weighted by atomic mass is 10.1. The van der Waals surface area contributed by atoms with Crippen molar-refractivity contribution in [1.29, 1.82) is 0 Å². The highest BCUT2D eigenvalue weighted by molar-refractivity contribution is 5.77. The summed E-state index contributed by atoms with van der Waals surface area (Å²) in [5.41, 5.74) is 7.06. The molecule has 10 nitrogen and oxygen atoms in total. The largest absolute Gasteiger partial charge is 0.480 e. The molecule has 0 radical (unpaired) electrons. The number of hydrogen-bond acceptors (Lipinski definition) is 9. The summed E-state index contributed by atoms with van der Waals surface area (Å²) < 4.78 is 10.8. The van der Waals surface area contributed by atoms with Gasteiger partial charge >= 0.3 is 5.97 Å². The monoisotopic (exact) mass is 466 g/mol. The third-order valence-electron chi connectivity index (χ3n) is 4.72. The molecule has 34 heavy (non-hydrogen) atoms. The molecule has 1 heterocycles. The van der Waals surface area contributed by atoms with Crippen LogP contribution in [0, 0.1) is 0 Å². The minimum atomic E-state index is -0.995. The van der Waals surface area contributed by atoms with Crippen LogP contribution < -0.4 is 16.4 Å². The Morgan fingerprint density at radius 3 is 2.21 bits per heavy atom. The second-order valence-electron chi connectivity index (χ2n) is 7.34. The zero-order valence-electron chi connectivity index (χ0n) is 18.9. The summed E-state index contributed by atoms with van der Waals surface area (Å²) in [5.74, 6) is -0.0650. The van der Waals surface area contributed by atoms with Gasteiger partial charge in [-0.2, -0.15) is 15.0 Å². The number of carboxylic acid groups (broad SMARTS) is 1. The minimum absolute atomic E-state index is 0.177. The average Bonchev–Trinajstić information content (AvgIpc) is 2.86. The lowest BCUT2D eigenvalue weighted by Gasteiger charge is -2.16. The topological polar surface area (TPSA) is 145 Å². The molecule has 180 valence electrons. The molecule has 1 aromatic heterocycles. The van der Waals surface area contributed by atoms with Gasteiger partial charge in [-0.25, -0.2) is 4.79 Å². The predicted molar refractivity (Wildman–Crippen MR) is 130 cm³/mol. The van der Waals surface area contributed by atoms with Crippen LogP contribution in [-0.2, 0) is 20.7 Å². The summed E-state index contributed by atoms with van der Waals surface area (Å²) in [5, 5.41) is 15.8. The number of nitrogens with one attached hydrogen (secondary N) is 2. The number of aliphatic carboxylic acids is 1. The fourth-order valence-electron chi connectivity index (χ4n) is 3.08. The smallest absolute Gasteiger partial charge is 0.326 e. The van der Waals surface area contributed by atoms with E-state index in [1.165, 1.54) is 0 Å². The van der Waals surface area contributed by atoms with Gasteiger partial charge in [0.25, 0.3) is 0 Å². The zero-order valence-corrected chi connectivity index (χ0v) is 18.9. The quantitative estimate of drug-likeness (QED) is 0.246. The number of hydrogen-bond donors (Lipinski definition) is 4. The molecule has 0 unspecified atom stereocenters. The predicted octanol–water partition coefficient (Wildman–Crippen LogP) is 2.05. The fraction of sp³-hybridized carbons (Fsp3) is 0.333. The highest BCUT2D eigenvalue weighted by Gasteiger charge is 2.20. The van der Waals surface area contributed by atoms with Crippen LogP contribution in [0.4, 0.5) is 11.9 Å². The van der Waals surface area contributed by atoms with Gasteiger partial charge in [0.2, 0.25) is 11.9 Å². The molecule has 2 aromatic carbocycles. The van der Waals surface area contributed by atoms with Gasteiger partial charge in [-0.05, 0) is 5.56 Å². The number of ether oxygens (including phenoxy) is 2. The summed E-state index contributed by atoms with van der Waals surface area (Å²) >= 11 is 0. The van der Waals surface area contributed by atoms with Crippen molar-refractivity contribution >= 4 is 17.9 Å². The van der Waals surface area contributed by atoms with Gasteiger partial charge < -0.3 is 30.9 Å². The maximum absolute atomic E-state index is 11.9. The van der Waals surface area contributed by atoms with Gasteiger partial charge in [0, 0.05) is 25.1 Å². The Balaban J connectivity index is 1.69. The second-order valence-corrected chi connectivity index (χ2v) is 7.34. The number of carbonyl (C=O) groups is 1. The van der Waals surface area contributed by atoms with Crippen molar-refractivity contribution in [3.63, 3.8) is 0 Å². The zero-order chi connectivity index (χ0) is 24.0. The number of rotatable bonds is 15. The first-order chi connectivity index (χ1) is 16.7. The van der Waals surface area contributed by atoms with Gasteiger partial charge in [0.1, 0.15) is 6.04 Å². The van der Waals surface area contributed by atoms with E-state index in [-0.39, 0.29) is 12.4 Å². The Labute approximate surface area is 198 Å². The highest BCUT2D eigenvalue weighted by Crippen LogP contribution is 2.18. The Morgan fingerprint density at radius 1 is 0.882 bits per heavy atom. The van der Waals surface area contributed by atoms with E-state index in [9.17, 15) is 9.90 Å². The van der Waals surface area contributed by atoms with E-state index in [4.69, 9.17) is 15.2 Å². The fourth-order valence-corrected chi connectivity index (χ4v) is 3.08. The first-order valence-corrected chi connectivity index (χ1v) is 11.1. The Bertz CT molecular complexity index is 1010. The summed E-state index contributed by atoms with van der Waals surface area (Å²) in [4.78, 5) is 25.2. The number of nitrogens with two attached hydrogens (primary N) is 1. The summed E-state index contributed by atoms with van der Waals surface area (Å²) in [6.07, 6.45) is 0.283. The standard InChI is InChI=1S/C24H30N6O4/c25-11-13-33-15-16-34-14-12-26-23-28-21(19-9-5-2-6-10-19)29-24(30-23)27-20(22(31)32)17-18-7-3-1-4-8-18/h1-10,20H,11-17,25H2,(H,31,32)(H2,26,27,28,29,30)/t20-/m0/s1. The van der Waals surface area contributed by atoms with Gasteiger partial charge in [-0.1, -0.05) is 60.7 Å². The number of aromatic nitrogens is 3. The van der Waals surface area contributed by atoms with Crippen molar-refractivity contribution in [3.05, 3.63) is 66.2 Å². The summed E-state index contributed by atoms with van der Waals surface area (Å²) in [6, 6.07) is 17.9. The molecule has 0 bridgehead atoms. The van der Waals surface area contributed by atoms with E-state index >= 15 is 0 Å². The minimum Gasteiger partial charge on any atom is -0.480 e. The molecule has 3 rings (SSSR count). The first kappa shape index (κ1) is 25.0. The van der Waals surface area contributed by atoms with Crippen LogP contribution >= 0.6 is 0 Å². The summed E-state index contributed by atoms with van der Waals surface area (Å²) in [7, 11) is 0.